The summed E-state index contributed by atoms with van der Waals surface area (Å²) in [5.74, 6) is -0.308. The molecule has 0 saturated heterocycles. The van der Waals surface area contributed by atoms with Crippen molar-refractivity contribution in [3.63, 3.8) is 0 Å². The van der Waals surface area contributed by atoms with Crippen molar-refractivity contribution in [2.45, 2.75) is 71.8 Å². The zero-order chi connectivity index (χ0) is 20.8. The standard InChI is InChI=1S/C24H32N2O3/c1-4-29-24(28)22-16-17(2)26(18(22)3)21-14-12-19(13-15-21)23(27)25-20-10-8-6-5-7-9-11-20/h12-16,20H,4-11H2,1-3H3,(H,25,27). The van der Waals surface area contributed by atoms with E-state index in [0.717, 1.165) is 29.9 Å². The second-order valence-electron chi connectivity index (χ2n) is 7.90. The highest BCUT2D eigenvalue weighted by Gasteiger charge is 2.18. The van der Waals surface area contributed by atoms with E-state index in [1.54, 1.807) is 6.92 Å². The van der Waals surface area contributed by atoms with Crippen LogP contribution in [0.2, 0.25) is 0 Å². The number of aryl methyl sites for hydroxylation is 1. The Morgan fingerprint density at radius 3 is 2.28 bits per heavy atom. The van der Waals surface area contributed by atoms with Crippen LogP contribution in [0.25, 0.3) is 5.69 Å². The van der Waals surface area contributed by atoms with Gasteiger partial charge in [0.2, 0.25) is 0 Å². The number of hydrogen-bond acceptors (Lipinski definition) is 3. The van der Waals surface area contributed by atoms with Crippen molar-refractivity contribution in [1.29, 1.82) is 0 Å². The van der Waals surface area contributed by atoms with E-state index in [9.17, 15) is 9.59 Å². The summed E-state index contributed by atoms with van der Waals surface area (Å²) in [4.78, 5) is 24.8. The molecule has 2 aromatic rings. The lowest BCUT2D eigenvalue weighted by Crippen LogP contribution is -2.35. The molecule has 1 saturated carbocycles. The quantitative estimate of drug-likeness (QED) is 0.714. The number of aromatic nitrogens is 1. The van der Waals surface area contributed by atoms with Crippen molar-refractivity contribution in [3.05, 3.63) is 52.8 Å². The summed E-state index contributed by atoms with van der Waals surface area (Å²) >= 11 is 0. The van der Waals surface area contributed by atoms with Crippen molar-refractivity contribution in [3.8, 4) is 5.69 Å². The predicted octanol–water partition coefficient (Wildman–Crippen LogP) is 5.11. The van der Waals surface area contributed by atoms with E-state index in [-0.39, 0.29) is 17.9 Å². The second-order valence-corrected chi connectivity index (χ2v) is 7.90. The highest BCUT2D eigenvalue weighted by molar-refractivity contribution is 5.94. The summed E-state index contributed by atoms with van der Waals surface area (Å²) in [7, 11) is 0. The first kappa shape index (κ1) is 21.2. The number of carbonyl (C=O) groups excluding carboxylic acids is 2. The Balaban J connectivity index is 1.73. The molecule has 0 unspecified atom stereocenters. The van der Waals surface area contributed by atoms with Gasteiger partial charge in [-0.15, -0.1) is 0 Å². The van der Waals surface area contributed by atoms with Crippen LogP contribution in [0.4, 0.5) is 0 Å². The van der Waals surface area contributed by atoms with Crippen LogP contribution < -0.4 is 5.32 Å². The molecule has 1 amide bonds. The van der Waals surface area contributed by atoms with Gasteiger partial charge < -0.3 is 14.6 Å². The first-order valence-corrected chi connectivity index (χ1v) is 10.8. The smallest absolute Gasteiger partial charge is 0.339 e. The lowest BCUT2D eigenvalue weighted by atomic mass is 9.96. The molecule has 0 radical (unpaired) electrons. The molecule has 0 aliphatic heterocycles. The average molecular weight is 397 g/mol. The number of ether oxygens (including phenoxy) is 1. The summed E-state index contributed by atoms with van der Waals surface area (Å²) in [5.41, 5.74) is 3.97. The number of esters is 1. The van der Waals surface area contributed by atoms with E-state index in [4.69, 9.17) is 4.74 Å². The third-order valence-electron chi connectivity index (χ3n) is 5.75. The summed E-state index contributed by atoms with van der Waals surface area (Å²) < 4.78 is 7.16. The predicted molar refractivity (Wildman–Crippen MR) is 115 cm³/mol. The molecule has 1 N–H and O–H groups in total. The molecule has 0 atom stereocenters. The van der Waals surface area contributed by atoms with Crippen molar-refractivity contribution < 1.29 is 14.3 Å². The summed E-state index contributed by atoms with van der Waals surface area (Å²) in [5, 5.41) is 3.21. The van der Waals surface area contributed by atoms with Gasteiger partial charge in [0.15, 0.2) is 0 Å². The monoisotopic (exact) mass is 396 g/mol. The zero-order valence-electron chi connectivity index (χ0n) is 17.8. The molecule has 29 heavy (non-hydrogen) atoms. The van der Waals surface area contributed by atoms with Crippen LogP contribution in [-0.4, -0.2) is 29.1 Å². The Bertz CT molecular complexity index is 844. The number of carbonyl (C=O) groups is 2. The normalized spacial score (nSPS) is 15.4. The van der Waals surface area contributed by atoms with Crippen LogP contribution in [-0.2, 0) is 4.74 Å². The number of amides is 1. The van der Waals surface area contributed by atoms with Crippen LogP contribution in [0.5, 0.6) is 0 Å². The molecule has 1 aromatic heterocycles. The van der Waals surface area contributed by atoms with Gasteiger partial charge in [-0.05, 0) is 63.9 Å². The minimum atomic E-state index is -0.304. The van der Waals surface area contributed by atoms with E-state index in [0.29, 0.717) is 17.7 Å². The van der Waals surface area contributed by atoms with E-state index in [1.807, 2.05) is 48.7 Å². The molecule has 5 nitrogen and oxygen atoms in total. The lowest BCUT2D eigenvalue weighted by Gasteiger charge is -2.21. The third kappa shape index (κ3) is 5.08. The van der Waals surface area contributed by atoms with E-state index in [2.05, 4.69) is 5.32 Å². The van der Waals surface area contributed by atoms with Crippen LogP contribution in [0.3, 0.4) is 0 Å². The van der Waals surface area contributed by atoms with Gasteiger partial charge in [-0.25, -0.2) is 4.79 Å². The fourth-order valence-corrected chi connectivity index (χ4v) is 4.21. The average Bonchev–Trinajstić information content (AvgIpc) is 2.98. The molecule has 3 rings (SSSR count). The van der Waals surface area contributed by atoms with Gasteiger partial charge in [-0.3, -0.25) is 4.79 Å². The van der Waals surface area contributed by atoms with Gasteiger partial charge in [-0.2, -0.15) is 0 Å². The van der Waals surface area contributed by atoms with Gasteiger partial charge >= 0.3 is 5.97 Å². The highest BCUT2D eigenvalue weighted by Crippen LogP contribution is 2.22. The summed E-state index contributed by atoms with van der Waals surface area (Å²) in [6, 6.07) is 9.71. The van der Waals surface area contributed by atoms with Crippen molar-refractivity contribution in [1.82, 2.24) is 9.88 Å². The molecule has 5 heteroatoms. The Labute approximate surface area is 173 Å². The van der Waals surface area contributed by atoms with Crippen LogP contribution in [0, 0.1) is 13.8 Å². The number of rotatable bonds is 5. The number of nitrogens with one attached hydrogen (secondary N) is 1. The summed E-state index contributed by atoms with van der Waals surface area (Å²) in [6.45, 7) is 6.03. The van der Waals surface area contributed by atoms with E-state index in [1.165, 1.54) is 32.1 Å². The minimum absolute atomic E-state index is 0.00436. The van der Waals surface area contributed by atoms with Crippen LogP contribution in [0.1, 0.15) is 84.0 Å². The van der Waals surface area contributed by atoms with Crippen molar-refractivity contribution in [2.24, 2.45) is 0 Å². The fraction of sp³-hybridized carbons (Fsp3) is 0.500. The molecule has 1 heterocycles. The van der Waals surface area contributed by atoms with Gasteiger partial charge in [0, 0.05) is 28.7 Å². The zero-order valence-corrected chi connectivity index (χ0v) is 17.8. The lowest BCUT2D eigenvalue weighted by molar-refractivity contribution is 0.0525. The molecule has 156 valence electrons. The molecule has 1 aliphatic rings. The molecule has 1 aliphatic carbocycles. The minimum Gasteiger partial charge on any atom is -0.462 e. The van der Waals surface area contributed by atoms with Crippen LogP contribution in [0.15, 0.2) is 30.3 Å². The van der Waals surface area contributed by atoms with Gasteiger partial charge in [0.25, 0.3) is 5.91 Å². The maximum Gasteiger partial charge on any atom is 0.339 e. The molecule has 0 bridgehead atoms. The van der Waals surface area contributed by atoms with Gasteiger partial charge in [0.1, 0.15) is 0 Å². The first-order chi connectivity index (χ1) is 14.0. The maximum atomic E-state index is 12.7. The highest BCUT2D eigenvalue weighted by atomic mass is 16.5. The van der Waals surface area contributed by atoms with E-state index < -0.39 is 0 Å². The third-order valence-corrected chi connectivity index (χ3v) is 5.75. The Morgan fingerprint density at radius 1 is 1.03 bits per heavy atom. The molecule has 0 spiro atoms. The fourth-order valence-electron chi connectivity index (χ4n) is 4.21. The molecule has 1 fully saturated rings. The topological polar surface area (TPSA) is 60.3 Å². The van der Waals surface area contributed by atoms with Gasteiger partial charge in [-0.1, -0.05) is 32.1 Å². The molecule has 1 aromatic carbocycles. The summed E-state index contributed by atoms with van der Waals surface area (Å²) in [6.07, 6.45) is 8.38. The largest absolute Gasteiger partial charge is 0.462 e. The van der Waals surface area contributed by atoms with Crippen molar-refractivity contribution >= 4 is 11.9 Å². The Morgan fingerprint density at radius 2 is 1.66 bits per heavy atom. The molecular formula is C24H32N2O3. The number of hydrogen-bond donors (Lipinski definition) is 1. The second kappa shape index (κ2) is 9.77. The maximum absolute atomic E-state index is 12.7. The van der Waals surface area contributed by atoms with Gasteiger partial charge in [0.05, 0.1) is 12.2 Å². The number of benzene rings is 1. The molecular weight excluding hydrogens is 364 g/mol. The van der Waals surface area contributed by atoms with E-state index >= 15 is 0 Å². The van der Waals surface area contributed by atoms with Crippen LogP contribution >= 0.6 is 0 Å². The first-order valence-electron chi connectivity index (χ1n) is 10.8. The Kier molecular flexibility index (Phi) is 7.13. The Hall–Kier alpha value is -2.56. The van der Waals surface area contributed by atoms with Crippen molar-refractivity contribution in [2.75, 3.05) is 6.61 Å². The number of nitrogens with zero attached hydrogens (tertiary/aromatic N) is 1. The SMILES string of the molecule is CCOC(=O)c1cc(C)n(-c2ccc(C(=O)NC3CCCCCCC3)cc2)c1C.